The molecule has 4 nitrogen and oxygen atoms in total. The first-order valence-electron chi connectivity index (χ1n) is 7.41. The molecule has 0 aliphatic heterocycles. The molecule has 1 heterocycles. The van der Waals surface area contributed by atoms with E-state index in [4.69, 9.17) is 0 Å². The zero-order chi connectivity index (χ0) is 15.1. The molecule has 2 aliphatic rings. The summed E-state index contributed by atoms with van der Waals surface area (Å²) in [6.07, 6.45) is 7.48. The fraction of sp³-hybridized carbons (Fsp3) is 0.235. The molecule has 0 fully saturated rings. The molecular formula is C17H16Cl2N4Zr. The van der Waals surface area contributed by atoms with Gasteiger partial charge in [0.1, 0.15) is 0 Å². The van der Waals surface area contributed by atoms with E-state index in [1.165, 1.54) is 28.0 Å². The van der Waals surface area contributed by atoms with Crippen molar-refractivity contribution in [2.45, 2.75) is 23.9 Å². The third-order valence-electron chi connectivity index (χ3n) is 4.49. The van der Waals surface area contributed by atoms with Crippen LogP contribution in [-0.4, -0.2) is 20.2 Å². The SMILES string of the molecule is CC1=CC[C]([Zr+2][CH]2C(n3cnnn3)=Cc3ccccc32)=C1C.[Cl-].[Cl-]. The first-order chi connectivity index (χ1) is 10.7. The molecule has 7 heteroatoms. The van der Waals surface area contributed by atoms with E-state index in [-0.39, 0.29) is 24.8 Å². The van der Waals surface area contributed by atoms with Crippen molar-refractivity contribution >= 4 is 11.8 Å². The average molecular weight is 438 g/mol. The summed E-state index contributed by atoms with van der Waals surface area (Å²) in [5, 5.41) is 11.7. The Balaban J connectivity index is 0.00000104. The maximum atomic E-state index is 4.13. The van der Waals surface area contributed by atoms with Gasteiger partial charge in [-0.1, -0.05) is 0 Å². The van der Waals surface area contributed by atoms with Crippen LogP contribution in [0.5, 0.6) is 0 Å². The second kappa shape index (κ2) is 7.90. The largest absolute Gasteiger partial charge is 1.00 e. The van der Waals surface area contributed by atoms with Crippen LogP contribution in [0, 0.1) is 0 Å². The van der Waals surface area contributed by atoms with Crippen LogP contribution in [-0.2, 0) is 23.2 Å². The first-order valence-corrected chi connectivity index (χ1v) is 10.1. The van der Waals surface area contributed by atoms with Crippen molar-refractivity contribution < 1.29 is 48.0 Å². The van der Waals surface area contributed by atoms with Crippen LogP contribution in [0.2, 0.25) is 0 Å². The standard InChI is InChI=1S/C10H7N4.C7H9.2ClH.Zr/c1-2-4-9-6-10(5-8(9)3-1)14-7-11-12-13-14;1-6-4-3-5-7(6)2;;;/h1-7H;4H,3H2,1-2H3;2*1H;/q;;;;+2/p-2. The van der Waals surface area contributed by atoms with Gasteiger partial charge in [-0.3, -0.25) is 0 Å². The summed E-state index contributed by atoms with van der Waals surface area (Å²) >= 11 is -0.782. The van der Waals surface area contributed by atoms with Crippen molar-refractivity contribution in [1.82, 2.24) is 20.2 Å². The Morgan fingerprint density at radius 3 is 2.62 bits per heavy atom. The van der Waals surface area contributed by atoms with Crippen molar-refractivity contribution in [3.05, 3.63) is 62.2 Å². The van der Waals surface area contributed by atoms with Gasteiger partial charge < -0.3 is 24.8 Å². The molecule has 0 spiro atoms. The van der Waals surface area contributed by atoms with Crippen LogP contribution in [0.1, 0.15) is 35.0 Å². The number of tetrazole rings is 1. The number of rotatable bonds is 3. The molecule has 0 N–H and O–H groups in total. The van der Waals surface area contributed by atoms with E-state index < -0.39 is 23.2 Å². The van der Waals surface area contributed by atoms with Crippen molar-refractivity contribution in [3.8, 4) is 0 Å². The van der Waals surface area contributed by atoms with Gasteiger partial charge in [0.15, 0.2) is 0 Å². The van der Waals surface area contributed by atoms with Gasteiger partial charge >= 0.3 is 141 Å². The van der Waals surface area contributed by atoms with Crippen molar-refractivity contribution in [2.75, 3.05) is 0 Å². The van der Waals surface area contributed by atoms with Crippen LogP contribution in [0.15, 0.2) is 51.1 Å². The first kappa shape index (κ1) is 19.3. The van der Waals surface area contributed by atoms with E-state index in [9.17, 15) is 0 Å². The molecule has 1 aromatic heterocycles. The van der Waals surface area contributed by atoms with Gasteiger partial charge in [0.2, 0.25) is 0 Å². The third kappa shape index (κ3) is 3.35. The number of benzene rings is 1. The monoisotopic (exact) mass is 436 g/mol. The summed E-state index contributed by atoms with van der Waals surface area (Å²) in [7, 11) is 0. The van der Waals surface area contributed by atoms with Gasteiger partial charge in [-0.15, -0.1) is 0 Å². The van der Waals surface area contributed by atoms with E-state index >= 15 is 0 Å². The number of aromatic nitrogens is 4. The quantitative estimate of drug-likeness (QED) is 0.530. The van der Waals surface area contributed by atoms with Crippen molar-refractivity contribution in [1.29, 1.82) is 0 Å². The van der Waals surface area contributed by atoms with Crippen LogP contribution < -0.4 is 24.8 Å². The fourth-order valence-corrected chi connectivity index (χ4v) is 7.41. The topological polar surface area (TPSA) is 43.6 Å². The molecule has 2 aliphatic carbocycles. The van der Waals surface area contributed by atoms with E-state index in [0.717, 1.165) is 6.42 Å². The van der Waals surface area contributed by atoms with Gasteiger partial charge in [0.25, 0.3) is 0 Å². The Hall–Kier alpha value is -1.03. The second-order valence-electron chi connectivity index (χ2n) is 5.72. The van der Waals surface area contributed by atoms with Crippen molar-refractivity contribution in [2.24, 2.45) is 0 Å². The number of halogens is 2. The van der Waals surface area contributed by atoms with Crippen molar-refractivity contribution in [3.63, 3.8) is 0 Å². The summed E-state index contributed by atoms with van der Waals surface area (Å²) in [5.74, 6) is 0. The molecule has 0 amide bonds. The third-order valence-corrected chi connectivity index (χ3v) is 8.98. The number of fused-ring (bicyclic) bond motifs is 1. The summed E-state index contributed by atoms with van der Waals surface area (Å²) in [6.45, 7) is 4.50. The summed E-state index contributed by atoms with van der Waals surface area (Å²) in [6, 6.07) is 8.70. The van der Waals surface area contributed by atoms with Crippen LogP contribution in [0.4, 0.5) is 0 Å². The molecule has 1 aromatic carbocycles. The summed E-state index contributed by atoms with van der Waals surface area (Å²) in [5.41, 5.74) is 6.98. The second-order valence-corrected chi connectivity index (χ2v) is 9.34. The smallest absolute Gasteiger partial charge is 1.00 e. The number of hydrogen-bond acceptors (Lipinski definition) is 3. The average Bonchev–Trinajstić information content (AvgIpc) is 3.23. The number of hydrogen-bond donors (Lipinski definition) is 0. The maximum Gasteiger partial charge on any atom is -1.00 e. The predicted octanol–water partition coefficient (Wildman–Crippen LogP) is -2.56. The molecule has 0 bridgehead atoms. The van der Waals surface area contributed by atoms with Gasteiger partial charge in [-0.2, -0.15) is 0 Å². The zero-order valence-corrected chi connectivity index (χ0v) is 17.3. The molecule has 0 saturated carbocycles. The maximum absolute atomic E-state index is 4.13. The molecule has 4 rings (SSSR count). The molecule has 1 atom stereocenters. The molecule has 0 radical (unpaired) electrons. The van der Waals surface area contributed by atoms with Crippen LogP contribution in [0.25, 0.3) is 11.8 Å². The molecule has 0 saturated heterocycles. The summed E-state index contributed by atoms with van der Waals surface area (Å²) in [4.78, 5) is 0. The molecule has 24 heavy (non-hydrogen) atoms. The number of allylic oxidation sites excluding steroid dienone is 5. The predicted molar refractivity (Wildman–Crippen MR) is 82.2 cm³/mol. The van der Waals surface area contributed by atoms with Crippen LogP contribution >= 0.6 is 0 Å². The van der Waals surface area contributed by atoms with E-state index in [1.807, 2.05) is 4.68 Å². The Morgan fingerprint density at radius 2 is 1.96 bits per heavy atom. The Morgan fingerprint density at radius 1 is 1.17 bits per heavy atom. The molecule has 1 unspecified atom stereocenters. The minimum absolute atomic E-state index is 0. The van der Waals surface area contributed by atoms with E-state index in [2.05, 4.69) is 65.8 Å². The Labute approximate surface area is 165 Å². The van der Waals surface area contributed by atoms with Gasteiger partial charge in [-0.25, -0.2) is 0 Å². The minimum Gasteiger partial charge on any atom is -1.00 e. The van der Waals surface area contributed by atoms with E-state index in [1.54, 1.807) is 9.61 Å². The van der Waals surface area contributed by atoms with Gasteiger partial charge in [0, 0.05) is 0 Å². The number of nitrogens with zero attached hydrogens (tertiary/aromatic N) is 4. The normalized spacial score (nSPS) is 18.2. The molecule has 2 aromatic rings. The van der Waals surface area contributed by atoms with Crippen LogP contribution in [0.3, 0.4) is 0 Å². The summed E-state index contributed by atoms with van der Waals surface area (Å²) < 4.78 is 4.03. The molecule has 122 valence electrons. The Bertz CT molecular complexity index is 825. The Kier molecular flexibility index (Phi) is 6.35. The zero-order valence-electron chi connectivity index (χ0n) is 13.4. The minimum atomic E-state index is -0.782. The fourth-order valence-electron chi connectivity index (χ4n) is 3.08. The molecular weight excluding hydrogens is 422 g/mol. The van der Waals surface area contributed by atoms with E-state index in [0.29, 0.717) is 3.63 Å². The van der Waals surface area contributed by atoms with Gasteiger partial charge in [0.05, 0.1) is 0 Å². The van der Waals surface area contributed by atoms with Gasteiger partial charge in [-0.05, 0) is 0 Å².